The van der Waals surface area contributed by atoms with E-state index in [4.69, 9.17) is 0 Å². The van der Waals surface area contributed by atoms with Gasteiger partial charge >= 0.3 is 0 Å². The maximum Gasteiger partial charge on any atom is 0.264 e. The van der Waals surface area contributed by atoms with E-state index in [1.165, 1.54) is 0 Å². The van der Waals surface area contributed by atoms with Gasteiger partial charge in [0.1, 0.15) is 0 Å². The van der Waals surface area contributed by atoms with E-state index in [2.05, 4.69) is 19.9 Å². The normalized spacial score (nSPS) is 10.5. The first kappa shape index (κ1) is 10.3. The van der Waals surface area contributed by atoms with Crippen molar-refractivity contribution in [3.8, 4) is 11.6 Å². The molecule has 0 aromatic carbocycles. The Kier molecular flexibility index (Phi) is 2.85. The van der Waals surface area contributed by atoms with E-state index < -0.39 is 0 Å². The Morgan fingerprint density at radius 2 is 2.27 bits per heavy atom. The highest BCUT2D eigenvalue weighted by molar-refractivity contribution is 14.1. The van der Waals surface area contributed by atoms with Crippen molar-refractivity contribution in [1.82, 2.24) is 19.9 Å². The van der Waals surface area contributed by atoms with E-state index in [0.717, 1.165) is 12.1 Å². The maximum absolute atomic E-state index is 11.6. The van der Waals surface area contributed by atoms with E-state index in [0.29, 0.717) is 15.2 Å². The Bertz CT molecular complexity index is 517. The largest absolute Gasteiger partial charge is 0.342 e. The molecule has 0 saturated carbocycles. The number of aryl methyl sites for hydroxylation is 1. The molecule has 2 heterocycles. The summed E-state index contributed by atoms with van der Waals surface area (Å²) in [5, 5.41) is 0. The monoisotopic (exact) mass is 316 g/mol. The summed E-state index contributed by atoms with van der Waals surface area (Å²) < 4.78 is 0.644. The lowest BCUT2D eigenvalue weighted by Crippen LogP contribution is -2.16. The maximum atomic E-state index is 11.6. The van der Waals surface area contributed by atoms with E-state index >= 15 is 0 Å². The van der Waals surface area contributed by atoms with Crippen LogP contribution in [0.15, 0.2) is 17.2 Å². The number of hydrogen-bond acceptors (Lipinski definition) is 3. The van der Waals surface area contributed by atoms with Gasteiger partial charge in [-0.3, -0.25) is 4.79 Å². The number of aromatic nitrogens is 4. The second kappa shape index (κ2) is 4.13. The first-order valence-corrected chi connectivity index (χ1v) is 5.58. The predicted molar refractivity (Wildman–Crippen MR) is 64.5 cm³/mol. The minimum Gasteiger partial charge on any atom is -0.342 e. The lowest BCUT2D eigenvalue weighted by Gasteiger charge is -2.02. The lowest BCUT2D eigenvalue weighted by molar-refractivity contribution is 0.957. The van der Waals surface area contributed by atoms with Crippen molar-refractivity contribution in [3.63, 3.8) is 0 Å². The van der Waals surface area contributed by atoms with Crippen LogP contribution in [-0.4, -0.2) is 19.9 Å². The molecule has 6 heteroatoms. The van der Waals surface area contributed by atoms with Crippen LogP contribution in [0.5, 0.6) is 0 Å². The van der Waals surface area contributed by atoms with E-state index in [1.807, 2.05) is 29.5 Å². The molecule has 0 atom stereocenters. The molecule has 15 heavy (non-hydrogen) atoms. The smallest absolute Gasteiger partial charge is 0.264 e. The number of nitrogens with one attached hydrogen (secondary N) is 2. The quantitative estimate of drug-likeness (QED) is 0.821. The van der Waals surface area contributed by atoms with Crippen molar-refractivity contribution < 1.29 is 0 Å². The summed E-state index contributed by atoms with van der Waals surface area (Å²) >= 11 is 2.00. The van der Waals surface area contributed by atoms with Crippen molar-refractivity contribution in [2.45, 2.75) is 13.3 Å². The van der Waals surface area contributed by atoms with Crippen LogP contribution in [0.2, 0.25) is 0 Å². The van der Waals surface area contributed by atoms with Gasteiger partial charge in [0, 0.05) is 12.4 Å². The second-order valence-electron chi connectivity index (χ2n) is 2.97. The van der Waals surface area contributed by atoms with Gasteiger partial charge in [-0.25, -0.2) is 9.97 Å². The number of halogens is 1. The third-order valence-corrected chi connectivity index (χ3v) is 3.10. The standard InChI is InChI=1S/C9H9IN4O/c1-2-5-6(10)9(15)14-8(13-5)7-11-3-4-12-7/h3-4H,2H2,1H3,(H,11,12)(H,13,14,15). The number of imidazole rings is 1. The SMILES string of the molecule is CCc1nc(-c2ncc[nH]2)[nH]c(=O)c1I. The number of rotatable bonds is 2. The first-order valence-electron chi connectivity index (χ1n) is 4.50. The Labute approximate surface area is 99.5 Å². The minimum atomic E-state index is -0.117. The van der Waals surface area contributed by atoms with Crippen LogP contribution in [0.3, 0.4) is 0 Å². The zero-order valence-electron chi connectivity index (χ0n) is 8.04. The van der Waals surface area contributed by atoms with Crippen molar-refractivity contribution in [2.75, 3.05) is 0 Å². The van der Waals surface area contributed by atoms with Crippen LogP contribution in [0.25, 0.3) is 11.6 Å². The van der Waals surface area contributed by atoms with Crippen LogP contribution in [0.1, 0.15) is 12.6 Å². The minimum absolute atomic E-state index is 0.117. The van der Waals surface area contributed by atoms with Crippen molar-refractivity contribution >= 4 is 22.6 Å². The van der Waals surface area contributed by atoms with Crippen LogP contribution in [-0.2, 0) is 6.42 Å². The molecule has 0 aliphatic heterocycles. The summed E-state index contributed by atoms with van der Waals surface area (Å²) in [4.78, 5) is 25.5. The second-order valence-corrected chi connectivity index (χ2v) is 4.05. The summed E-state index contributed by atoms with van der Waals surface area (Å²) in [6, 6.07) is 0. The molecule has 5 nitrogen and oxygen atoms in total. The number of aromatic amines is 2. The summed E-state index contributed by atoms with van der Waals surface area (Å²) in [7, 11) is 0. The molecule has 0 unspecified atom stereocenters. The van der Waals surface area contributed by atoms with E-state index in [1.54, 1.807) is 12.4 Å². The van der Waals surface area contributed by atoms with Crippen molar-refractivity contribution in [3.05, 3.63) is 32.0 Å². The van der Waals surface area contributed by atoms with Gasteiger partial charge in [-0.15, -0.1) is 0 Å². The summed E-state index contributed by atoms with van der Waals surface area (Å²) in [6.45, 7) is 1.97. The molecule has 0 radical (unpaired) electrons. The molecule has 0 fully saturated rings. The van der Waals surface area contributed by atoms with Gasteiger partial charge in [0.05, 0.1) is 9.26 Å². The Hall–Kier alpha value is -1.18. The molecule has 0 saturated heterocycles. The predicted octanol–water partition coefficient (Wildman–Crippen LogP) is 1.33. The van der Waals surface area contributed by atoms with Gasteiger partial charge < -0.3 is 9.97 Å². The van der Waals surface area contributed by atoms with Crippen molar-refractivity contribution in [2.24, 2.45) is 0 Å². The number of nitrogens with zero attached hydrogens (tertiary/aromatic N) is 2. The Balaban J connectivity index is 2.61. The zero-order valence-corrected chi connectivity index (χ0v) is 10.2. The molecule has 2 rings (SSSR count). The van der Waals surface area contributed by atoms with Crippen LogP contribution < -0.4 is 5.56 Å². The van der Waals surface area contributed by atoms with Gasteiger partial charge in [0.15, 0.2) is 11.6 Å². The average Bonchev–Trinajstić information content (AvgIpc) is 2.75. The highest BCUT2D eigenvalue weighted by Crippen LogP contribution is 2.10. The number of hydrogen-bond donors (Lipinski definition) is 2. The highest BCUT2D eigenvalue weighted by atomic mass is 127. The molecule has 2 N–H and O–H groups in total. The van der Waals surface area contributed by atoms with Gasteiger partial charge in [0.25, 0.3) is 5.56 Å². The molecule has 0 aliphatic carbocycles. The molecule has 2 aromatic rings. The van der Waals surface area contributed by atoms with E-state index in [9.17, 15) is 4.79 Å². The fraction of sp³-hybridized carbons (Fsp3) is 0.222. The average molecular weight is 316 g/mol. The molecular weight excluding hydrogens is 307 g/mol. The molecule has 0 spiro atoms. The lowest BCUT2D eigenvalue weighted by atomic mass is 10.3. The molecule has 78 valence electrons. The topological polar surface area (TPSA) is 74.4 Å². The van der Waals surface area contributed by atoms with Gasteiger partial charge in [-0.05, 0) is 29.0 Å². The third kappa shape index (κ3) is 1.94. The fourth-order valence-electron chi connectivity index (χ4n) is 1.25. The molecular formula is C9H9IN4O. The summed E-state index contributed by atoms with van der Waals surface area (Å²) in [5.41, 5.74) is 0.680. The molecule has 0 aliphatic rings. The van der Waals surface area contributed by atoms with Gasteiger partial charge in [-0.2, -0.15) is 0 Å². The summed E-state index contributed by atoms with van der Waals surface area (Å²) in [6.07, 6.45) is 4.05. The van der Waals surface area contributed by atoms with Crippen molar-refractivity contribution in [1.29, 1.82) is 0 Å². The number of H-pyrrole nitrogens is 2. The molecule has 0 amide bonds. The summed E-state index contributed by atoms with van der Waals surface area (Å²) in [5.74, 6) is 1.07. The Morgan fingerprint density at radius 1 is 1.47 bits per heavy atom. The zero-order chi connectivity index (χ0) is 10.8. The van der Waals surface area contributed by atoms with Gasteiger partial charge in [-0.1, -0.05) is 6.92 Å². The highest BCUT2D eigenvalue weighted by Gasteiger charge is 2.09. The third-order valence-electron chi connectivity index (χ3n) is 1.99. The first-order chi connectivity index (χ1) is 7.22. The van der Waals surface area contributed by atoms with Gasteiger partial charge in [0.2, 0.25) is 0 Å². The van der Waals surface area contributed by atoms with Crippen LogP contribution in [0.4, 0.5) is 0 Å². The molecule has 2 aromatic heterocycles. The van der Waals surface area contributed by atoms with E-state index in [-0.39, 0.29) is 5.56 Å². The Morgan fingerprint density at radius 3 is 2.87 bits per heavy atom. The van der Waals surface area contributed by atoms with Crippen LogP contribution in [0, 0.1) is 3.57 Å². The fourth-order valence-corrected chi connectivity index (χ4v) is 1.88. The molecule has 0 bridgehead atoms. The van der Waals surface area contributed by atoms with Crippen LogP contribution >= 0.6 is 22.6 Å².